The fraction of sp³-hybridized carbons (Fsp3) is 0.348. The Morgan fingerprint density at radius 1 is 1.18 bits per heavy atom. The Morgan fingerprint density at radius 3 is 2.47 bits per heavy atom. The van der Waals surface area contributed by atoms with Crippen molar-refractivity contribution in [2.24, 2.45) is 5.16 Å². The van der Waals surface area contributed by atoms with Crippen molar-refractivity contribution in [3.05, 3.63) is 62.7 Å². The highest BCUT2D eigenvalue weighted by Crippen LogP contribution is 2.37. The first kappa shape index (κ1) is 30.9. The van der Waals surface area contributed by atoms with Crippen LogP contribution in [0.4, 0.5) is 18.9 Å². The highest BCUT2D eigenvalue weighted by molar-refractivity contribution is 8.14. The van der Waals surface area contributed by atoms with E-state index in [2.05, 4.69) is 5.16 Å². The summed E-state index contributed by atoms with van der Waals surface area (Å²) in [5.41, 5.74) is -1.57. The molecule has 0 bridgehead atoms. The van der Waals surface area contributed by atoms with Crippen LogP contribution in [0.5, 0.6) is 11.5 Å². The lowest BCUT2D eigenvalue weighted by Gasteiger charge is -2.13. The minimum atomic E-state index is -4.61. The lowest BCUT2D eigenvalue weighted by Crippen LogP contribution is -2.20. The molecule has 0 aliphatic carbocycles. The molecule has 10 nitrogen and oxygen atoms in total. The third-order valence-electron chi connectivity index (χ3n) is 4.53. The molecular formula is C23H22ClF3N2O8S. The van der Waals surface area contributed by atoms with E-state index in [0.717, 1.165) is 18.2 Å². The summed E-state index contributed by atoms with van der Waals surface area (Å²) in [5.74, 6) is -0.708. The van der Waals surface area contributed by atoms with Gasteiger partial charge in [0, 0.05) is 13.2 Å². The average molecular weight is 579 g/mol. The van der Waals surface area contributed by atoms with Gasteiger partial charge in [-0.05, 0) is 44.2 Å². The molecule has 1 unspecified atom stereocenters. The number of rotatable bonds is 12. The lowest BCUT2D eigenvalue weighted by molar-refractivity contribution is -0.385. The molecule has 2 rings (SSSR count). The van der Waals surface area contributed by atoms with Crippen molar-refractivity contribution >= 4 is 45.8 Å². The normalized spacial score (nSPS) is 12.6. The number of methoxy groups -OCH3 is 1. The standard InChI is InChI=1S/C23H22ClF3N2O8S/c1-4-35-22(31)13(2)38-21(30)12-36-28-18(11-34-3)16-10-15(6-7-19(16)29(32)33)37-20-8-5-14(9-17(20)24)23(25,26)27/h5-10,13H,4,11-12H2,1-3H3. The molecule has 0 heterocycles. The number of alkyl halides is 3. The van der Waals surface area contributed by atoms with E-state index in [4.69, 9.17) is 30.6 Å². The number of ether oxygens (including phenoxy) is 3. The van der Waals surface area contributed by atoms with Gasteiger partial charge in [-0.3, -0.25) is 19.7 Å². The van der Waals surface area contributed by atoms with Gasteiger partial charge in [-0.15, -0.1) is 0 Å². The van der Waals surface area contributed by atoms with Crippen molar-refractivity contribution in [1.82, 2.24) is 0 Å². The zero-order valence-electron chi connectivity index (χ0n) is 20.2. The van der Waals surface area contributed by atoms with Crippen molar-refractivity contribution in [2.75, 3.05) is 26.9 Å². The van der Waals surface area contributed by atoms with Crippen LogP contribution in [-0.2, 0) is 30.1 Å². The van der Waals surface area contributed by atoms with E-state index in [-0.39, 0.29) is 41.0 Å². The molecule has 15 heteroatoms. The Labute approximate surface area is 224 Å². The second-order valence-corrected chi connectivity index (χ2v) is 9.12. The quantitative estimate of drug-likeness (QED) is 0.136. The highest BCUT2D eigenvalue weighted by atomic mass is 35.5. The van der Waals surface area contributed by atoms with Crippen LogP contribution in [0.3, 0.4) is 0 Å². The van der Waals surface area contributed by atoms with Gasteiger partial charge >= 0.3 is 12.1 Å². The van der Waals surface area contributed by atoms with E-state index >= 15 is 0 Å². The first-order valence-corrected chi connectivity index (χ1v) is 12.0. The Bertz CT molecular complexity index is 1210. The molecule has 2 aromatic carbocycles. The number of hydrogen-bond donors (Lipinski definition) is 0. The number of benzene rings is 2. The molecule has 0 saturated heterocycles. The van der Waals surface area contributed by atoms with E-state index in [9.17, 15) is 32.9 Å². The van der Waals surface area contributed by atoms with Gasteiger partial charge in [-0.2, -0.15) is 13.2 Å². The number of nitro benzene ring substituents is 1. The van der Waals surface area contributed by atoms with E-state index in [1.54, 1.807) is 6.92 Å². The summed E-state index contributed by atoms with van der Waals surface area (Å²) in [6, 6.07) is 5.99. The van der Waals surface area contributed by atoms with Crippen molar-refractivity contribution in [3.63, 3.8) is 0 Å². The molecule has 0 aliphatic rings. The third kappa shape index (κ3) is 8.89. The van der Waals surface area contributed by atoms with Crippen LogP contribution >= 0.6 is 23.4 Å². The van der Waals surface area contributed by atoms with E-state index in [1.165, 1.54) is 26.2 Å². The Hall–Kier alpha value is -3.36. The first-order valence-electron chi connectivity index (χ1n) is 10.7. The third-order valence-corrected chi connectivity index (χ3v) is 5.75. The van der Waals surface area contributed by atoms with Gasteiger partial charge in [0.15, 0.2) is 6.61 Å². The average Bonchev–Trinajstić information content (AvgIpc) is 2.84. The number of halogens is 4. The van der Waals surface area contributed by atoms with Crippen LogP contribution in [0.1, 0.15) is 25.0 Å². The second-order valence-electron chi connectivity index (χ2n) is 7.31. The zero-order chi connectivity index (χ0) is 28.5. The van der Waals surface area contributed by atoms with Gasteiger partial charge in [0.2, 0.25) is 5.12 Å². The van der Waals surface area contributed by atoms with Gasteiger partial charge in [-0.1, -0.05) is 28.5 Å². The Balaban J connectivity index is 2.28. The largest absolute Gasteiger partial charge is 0.465 e. The molecule has 206 valence electrons. The number of thioether (sulfide) groups is 1. The van der Waals surface area contributed by atoms with E-state index < -0.39 is 45.3 Å². The van der Waals surface area contributed by atoms with E-state index in [1.807, 2.05) is 0 Å². The second kappa shape index (κ2) is 14.0. The monoisotopic (exact) mass is 578 g/mol. The smallest absolute Gasteiger partial charge is 0.416 e. The van der Waals surface area contributed by atoms with Gasteiger partial charge in [0.25, 0.3) is 5.69 Å². The minimum Gasteiger partial charge on any atom is -0.465 e. The Kier molecular flexibility index (Phi) is 11.4. The van der Waals surface area contributed by atoms with Crippen LogP contribution in [0, 0.1) is 10.1 Å². The van der Waals surface area contributed by atoms with Crippen LogP contribution in [0.15, 0.2) is 41.6 Å². The van der Waals surface area contributed by atoms with Crippen LogP contribution < -0.4 is 4.74 Å². The molecule has 0 amide bonds. The van der Waals surface area contributed by atoms with Crippen molar-refractivity contribution in [1.29, 1.82) is 0 Å². The summed E-state index contributed by atoms with van der Waals surface area (Å²) in [5, 5.41) is 13.7. The number of carbonyl (C=O) groups is 2. The van der Waals surface area contributed by atoms with Crippen molar-refractivity contribution in [2.45, 2.75) is 25.3 Å². The zero-order valence-corrected chi connectivity index (χ0v) is 21.8. The molecule has 38 heavy (non-hydrogen) atoms. The van der Waals surface area contributed by atoms with Crippen LogP contribution in [-0.4, -0.2) is 53.9 Å². The molecule has 0 aromatic heterocycles. The molecule has 0 N–H and O–H groups in total. The highest BCUT2D eigenvalue weighted by Gasteiger charge is 2.31. The maximum Gasteiger partial charge on any atom is 0.416 e. The Morgan fingerprint density at radius 2 is 1.89 bits per heavy atom. The van der Waals surface area contributed by atoms with Crippen molar-refractivity contribution < 1.29 is 46.7 Å². The van der Waals surface area contributed by atoms with Gasteiger partial charge in [0.05, 0.1) is 34.3 Å². The number of hydrogen-bond acceptors (Lipinski definition) is 10. The van der Waals surface area contributed by atoms with E-state index in [0.29, 0.717) is 17.8 Å². The summed E-state index contributed by atoms with van der Waals surface area (Å²) in [6.45, 7) is 2.44. The van der Waals surface area contributed by atoms with Crippen molar-refractivity contribution in [3.8, 4) is 11.5 Å². The number of esters is 1. The summed E-state index contributed by atoms with van der Waals surface area (Å²) in [6.07, 6.45) is -4.61. The van der Waals surface area contributed by atoms with Gasteiger partial charge in [0.1, 0.15) is 22.5 Å². The van der Waals surface area contributed by atoms with Crippen LogP contribution in [0.25, 0.3) is 0 Å². The SMILES string of the molecule is CCOC(=O)C(C)SC(=O)CON=C(COC)c1cc(Oc2ccc(C(F)(F)F)cc2Cl)ccc1[N+](=O)[O-]. The molecule has 1 atom stereocenters. The molecule has 0 fully saturated rings. The number of oxime groups is 1. The molecular weight excluding hydrogens is 557 g/mol. The summed E-state index contributed by atoms with van der Waals surface area (Å²) < 4.78 is 54.1. The molecule has 0 radical (unpaired) electrons. The molecule has 0 aliphatic heterocycles. The topological polar surface area (TPSA) is 127 Å². The first-order chi connectivity index (χ1) is 17.9. The summed E-state index contributed by atoms with van der Waals surface area (Å²) in [4.78, 5) is 39.7. The van der Waals surface area contributed by atoms with Gasteiger partial charge in [-0.25, -0.2) is 0 Å². The predicted octanol–water partition coefficient (Wildman–Crippen LogP) is 5.64. The maximum atomic E-state index is 12.9. The summed E-state index contributed by atoms with van der Waals surface area (Å²) in [7, 11) is 1.30. The van der Waals surface area contributed by atoms with Crippen LogP contribution in [0.2, 0.25) is 5.02 Å². The maximum absolute atomic E-state index is 12.9. The lowest BCUT2D eigenvalue weighted by atomic mass is 10.1. The number of nitrogens with zero attached hydrogens (tertiary/aromatic N) is 2. The molecule has 0 spiro atoms. The number of carbonyl (C=O) groups excluding carboxylic acids is 2. The summed E-state index contributed by atoms with van der Waals surface area (Å²) >= 11 is 6.60. The predicted molar refractivity (Wildman–Crippen MR) is 133 cm³/mol. The fourth-order valence-corrected chi connectivity index (χ4v) is 3.75. The minimum absolute atomic E-state index is 0.00837. The fourth-order valence-electron chi connectivity index (χ4n) is 2.85. The molecule has 0 saturated carbocycles. The molecule has 2 aromatic rings. The van der Waals surface area contributed by atoms with Gasteiger partial charge < -0.3 is 19.0 Å². The number of nitro groups is 1.